The smallest absolute Gasteiger partial charge is 0.225 e. The molecule has 4 heterocycles. The van der Waals surface area contributed by atoms with Crippen LogP contribution in [0.1, 0.15) is 37.2 Å². The first kappa shape index (κ1) is 21.2. The normalized spacial score (nSPS) is 20.6. The van der Waals surface area contributed by atoms with Gasteiger partial charge >= 0.3 is 0 Å². The topological polar surface area (TPSA) is 93.3 Å². The van der Waals surface area contributed by atoms with Gasteiger partial charge in [-0.05, 0) is 45.6 Å². The highest BCUT2D eigenvalue weighted by Gasteiger charge is 2.35. The number of likely N-dealkylation sites (N-methyl/N-ethyl adjacent to an activating group) is 1. The van der Waals surface area contributed by atoms with E-state index in [1.165, 1.54) is 0 Å². The van der Waals surface area contributed by atoms with Crippen molar-refractivity contribution in [2.75, 3.05) is 56.5 Å². The summed E-state index contributed by atoms with van der Waals surface area (Å²) < 4.78 is 0. The molecule has 2 aromatic heterocycles. The number of hydrogen-bond acceptors (Lipinski definition) is 7. The molecule has 5 rings (SSSR count). The number of aromatic nitrogens is 4. The van der Waals surface area contributed by atoms with Gasteiger partial charge in [0, 0.05) is 69.4 Å². The van der Waals surface area contributed by atoms with E-state index in [0.717, 1.165) is 100 Å². The van der Waals surface area contributed by atoms with Crippen LogP contribution in [0.3, 0.4) is 0 Å². The van der Waals surface area contributed by atoms with Crippen LogP contribution in [0.4, 0.5) is 17.5 Å². The Balaban J connectivity index is 1.29. The molecule has 2 N–H and O–H groups in total. The minimum absolute atomic E-state index is 0.314. The first-order valence-electron chi connectivity index (χ1n) is 11.9. The number of nitrogens with zero attached hydrogens (tertiary/aromatic N) is 6. The van der Waals surface area contributed by atoms with E-state index in [9.17, 15) is 4.79 Å². The SMILES string of the molecule is Cc1cc(Nc2cc(N3CCN(C)CC3)nc(CC3CCN(C(=O)C4CC4)CC3)n2)n[nH]1. The van der Waals surface area contributed by atoms with Crippen LogP contribution in [0.5, 0.6) is 0 Å². The molecule has 0 unspecified atom stereocenters. The second-order valence-electron chi connectivity index (χ2n) is 9.63. The second-order valence-corrected chi connectivity index (χ2v) is 9.63. The Hall–Kier alpha value is -2.68. The lowest BCUT2D eigenvalue weighted by Gasteiger charge is -2.34. The Bertz CT molecular complexity index is 939. The van der Waals surface area contributed by atoms with Crippen LogP contribution in [0.15, 0.2) is 12.1 Å². The highest BCUT2D eigenvalue weighted by atomic mass is 16.2. The van der Waals surface area contributed by atoms with Crippen molar-refractivity contribution >= 4 is 23.4 Å². The molecular formula is C23H34N8O. The van der Waals surface area contributed by atoms with Gasteiger partial charge in [0.05, 0.1) is 0 Å². The van der Waals surface area contributed by atoms with Crippen molar-refractivity contribution in [3.63, 3.8) is 0 Å². The second kappa shape index (κ2) is 9.05. The fraction of sp³-hybridized carbons (Fsp3) is 0.652. The maximum atomic E-state index is 12.4. The van der Waals surface area contributed by atoms with E-state index in [4.69, 9.17) is 9.97 Å². The van der Waals surface area contributed by atoms with Gasteiger partial charge in [-0.15, -0.1) is 0 Å². The summed E-state index contributed by atoms with van der Waals surface area (Å²) in [5, 5.41) is 10.6. The minimum atomic E-state index is 0.314. The van der Waals surface area contributed by atoms with Gasteiger partial charge in [0.2, 0.25) is 5.91 Å². The third kappa shape index (κ3) is 5.03. The molecule has 1 amide bonds. The van der Waals surface area contributed by atoms with Gasteiger partial charge in [0.15, 0.2) is 5.82 Å². The first-order valence-corrected chi connectivity index (χ1v) is 11.9. The molecule has 1 saturated carbocycles. The molecule has 2 aliphatic heterocycles. The van der Waals surface area contributed by atoms with E-state index in [1.54, 1.807) is 0 Å². The number of carbonyl (C=O) groups excluding carboxylic acids is 1. The number of nitrogens with one attached hydrogen (secondary N) is 2. The van der Waals surface area contributed by atoms with Gasteiger partial charge in [0.25, 0.3) is 0 Å². The van der Waals surface area contributed by atoms with E-state index in [2.05, 4.69) is 37.3 Å². The molecule has 3 fully saturated rings. The minimum Gasteiger partial charge on any atom is -0.354 e. The molecule has 9 heteroatoms. The summed E-state index contributed by atoms with van der Waals surface area (Å²) in [5.41, 5.74) is 1.01. The van der Waals surface area contributed by atoms with Gasteiger partial charge < -0.3 is 20.0 Å². The van der Waals surface area contributed by atoms with Crippen LogP contribution in [0.2, 0.25) is 0 Å². The molecule has 32 heavy (non-hydrogen) atoms. The maximum Gasteiger partial charge on any atom is 0.225 e. The monoisotopic (exact) mass is 438 g/mol. The predicted molar refractivity (Wildman–Crippen MR) is 124 cm³/mol. The number of hydrogen-bond donors (Lipinski definition) is 2. The lowest BCUT2D eigenvalue weighted by Crippen LogP contribution is -2.45. The van der Waals surface area contributed by atoms with Crippen LogP contribution in [-0.4, -0.2) is 82.2 Å². The standard InChI is InChI=1S/C23H34N8O/c1-16-13-21(28-27-16)25-20-15-22(30-11-9-29(2)10-12-30)26-19(24-20)14-17-5-7-31(8-6-17)23(32)18-3-4-18/h13,15,17-18H,3-12,14H2,1-2H3,(H2,24,25,26,27,28). The van der Waals surface area contributed by atoms with Gasteiger partial charge in [-0.2, -0.15) is 5.10 Å². The number of anilines is 3. The Morgan fingerprint density at radius 2 is 1.78 bits per heavy atom. The molecule has 2 saturated heterocycles. The number of rotatable bonds is 6. The van der Waals surface area contributed by atoms with E-state index >= 15 is 0 Å². The molecule has 0 aromatic carbocycles. The number of aromatic amines is 1. The van der Waals surface area contributed by atoms with Gasteiger partial charge in [-0.1, -0.05) is 0 Å². The molecule has 2 aromatic rings. The van der Waals surface area contributed by atoms with Crippen molar-refractivity contribution in [2.24, 2.45) is 11.8 Å². The molecule has 0 bridgehead atoms. The Kier molecular flexibility index (Phi) is 5.99. The molecule has 3 aliphatic rings. The largest absolute Gasteiger partial charge is 0.354 e. The fourth-order valence-corrected chi connectivity index (χ4v) is 4.65. The Morgan fingerprint density at radius 1 is 1.03 bits per heavy atom. The zero-order valence-corrected chi connectivity index (χ0v) is 19.2. The van der Waals surface area contributed by atoms with Crippen LogP contribution >= 0.6 is 0 Å². The van der Waals surface area contributed by atoms with Gasteiger partial charge in [-0.25, -0.2) is 9.97 Å². The zero-order chi connectivity index (χ0) is 22.1. The molecule has 0 radical (unpaired) electrons. The molecular weight excluding hydrogens is 404 g/mol. The summed E-state index contributed by atoms with van der Waals surface area (Å²) in [4.78, 5) is 28.9. The summed E-state index contributed by atoms with van der Waals surface area (Å²) in [6, 6.07) is 4.01. The van der Waals surface area contributed by atoms with Crippen molar-refractivity contribution in [3.8, 4) is 0 Å². The summed E-state index contributed by atoms with van der Waals surface area (Å²) in [5.74, 6) is 4.62. The maximum absolute atomic E-state index is 12.4. The number of likely N-dealkylation sites (tertiary alicyclic amines) is 1. The van der Waals surface area contributed by atoms with Crippen molar-refractivity contribution < 1.29 is 4.79 Å². The third-order valence-corrected chi connectivity index (χ3v) is 6.87. The number of piperazine rings is 1. The van der Waals surface area contributed by atoms with E-state index in [-0.39, 0.29) is 0 Å². The predicted octanol–water partition coefficient (Wildman–Crippen LogP) is 2.19. The molecule has 1 aliphatic carbocycles. The quantitative estimate of drug-likeness (QED) is 0.714. The van der Waals surface area contributed by atoms with Crippen LogP contribution < -0.4 is 10.2 Å². The molecule has 172 valence electrons. The number of piperidine rings is 1. The van der Waals surface area contributed by atoms with Crippen LogP contribution in [0, 0.1) is 18.8 Å². The molecule has 0 spiro atoms. The third-order valence-electron chi connectivity index (χ3n) is 6.87. The number of H-pyrrole nitrogens is 1. The summed E-state index contributed by atoms with van der Waals surface area (Å²) in [7, 11) is 2.16. The van der Waals surface area contributed by atoms with E-state index < -0.39 is 0 Å². The van der Waals surface area contributed by atoms with Crippen molar-refractivity contribution in [1.82, 2.24) is 30.0 Å². The molecule has 0 atom stereocenters. The van der Waals surface area contributed by atoms with E-state index in [1.807, 2.05) is 19.1 Å². The highest BCUT2D eigenvalue weighted by molar-refractivity contribution is 5.81. The van der Waals surface area contributed by atoms with Crippen molar-refractivity contribution in [3.05, 3.63) is 23.7 Å². The summed E-state index contributed by atoms with van der Waals surface area (Å²) >= 11 is 0. The summed E-state index contributed by atoms with van der Waals surface area (Å²) in [6.45, 7) is 7.73. The number of aryl methyl sites for hydroxylation is 1. The zero-order valence-electron chi connectivity index (χ0n) is 19.2. The summed E-state index contributed by atoms with van der Waals surface area (Å²) in [6.07, 6.45) is 5.07. The average Bonchev–Trinajstić information content (AvgIpc) is 3.56. The first-order chi connectivity index (χ1) is 15.5. The van der Waals surface area contributed by atoms with Gasteiger partial charge in [0.1, 0.15) is 17.5 Å². The highest BCUT2D eigenvalue weighted by Crippen LogP contribution is 2.33. The van der Waals surface area contributed by atoms with Crippen molar-refractivity contribution in [1.29, 1.82) is 0 Å². The van der Waals surface area contributed by atoms with Crippen LogP contribution in [0.25, 0.3) is 0 Å². The van der Waals surface area contributed by atoms with Gasteiger partial charge in [-0.3, -0.25) is 9.89 Å². The lowest BCUT2D eigenvalue weighted by molar-refractivity contribution is -0.133. The Morgan fingerprint density at radius 3 is 2.44 bits per heavy atom. The average molecular weight is 439 g/mol. The van der Waals surface area contributed by atoms with E-state index in [0.29, 0.717) is 17.7 Å². The number of carbonyl (C=O) groups is 1. The lowest BCUT2D eigenvalue weighted by atomic mass is 9.93. The Labute approximate surface area is 189 Å². The van der Waals surface area contributed by atoms with Crippen LogP contribution in [-0.2, 0) is 11.2 Å². The molecule has 9 nitrogen and oxygen atoms in total. The van der Waals surface area contributed by atoms with Crippen molar-refractivity contribution in [2.45, 2.75) is 39.0 Å². The number of amides is 1. The fourth-order valence-electron chi connectivity index (χ4n) is 4.65.